The molecule has 1 fully saturated rings. The number of hydrogen-bond acceptors (Lipinski definition) is 3. The van der Waals surface area contributed by atoms with Crippen LogP contribution in [0.25, 0.3) is 0 Å². The lowest BCUT2D eigenvalue weighted by atomic mass is 10.0. The number of likely N-dealkylation sites (tertiary alicyclic amines) is 1. The summed E-state index contributed by atoms with van der Waals surface area (Å²) in [4.78, 5) is 19.3. The molecule has 0 bridgehead atoms. The van der Waals surface area contributed by atoms with Gasteiger partial charge in [-0.2, -0.15) is 0 Å². The molecular weight excluding hydrogens is 370 g/mol. The van der Waals surface area contributed by atoms with E-state index in [1.807, 2.05) is 48.2 Å². The van der Waals surface area contributed by atoms with Gasteiger partial charge in [-0.1, -0.05) is 30.3 Å². The molecule has 3 rings (SSSR count). The predicted octanol–water partition coefficient (Wildman–Crippen LogP) is 3.95. The molecule has 2 aromatic rings. The summed E-state index contributed by atoms with van der Waals surface area (Å²) in [6.07, 6.45) is 3.17. The van der Waals surface area contributed by atoms with Crippen LogP contribution in [-0.2, 0) is 6.42 Å². The second kappa shape index (κ2) is 10.5. The van der Waals surface area contributed by atoms with Crippen LogP contribution >= 0.6 is 12.4 Å². The number of likely N-dealkylation sites (N-methyl/N-ethyl adjacent to an activating group) is 1. The number of halogens is 1. The molecule has 1 heterocycles. The third-order valence-corrected chi connectivity index (χ3v) is 5.60. The summed E-state index contributed by atoms with van der Waals surface area (Å²) in [5, 5.41) is 0. The lowest BCUT2D eigenvalue weighted by Gasteiger charge is -2.37. The summed E-state index contributed by atoms with van der Waals surface area (Å²) in [7, 11) is 6.23. The molecule has 152 valence electrons. The fourth-order valence-electron chi connectivity index (χ4n) is 3.73. The van der Waals surface area contributed by atoms with Gasteiger partial charge in [-0.05, 0) is 56.1 Å². The van der Waals surface area contributed by atoms with E-state index in [2.05, 4.69) is 42.3 Å². The molecule has 1 amide bonds. The molecule has 28 heavy (non-hydrogen) atoms. The number of anilines is 1. The Morgan fingerprint density at radius 2 is 1.57 bits per heavy atom. The summed E-state index contributed by atoms with van der Waals surface area (Å²) in [5.74, 6) is 0.158. The topological polar surface area (TPSA) is 26.8 Å². The van der Waals surface area contributed by atoms with Gasteiger partial charge < -0.3 is 14.7 Å². The first-order valence-corrected chi connectivity index (χ1v) is 9.85. The van der Waals surface area contributed by atoms with E-state index in [1.165, 1.54) is 5.56 Å². The number of carbonyl (C=O) groups excluding carboxylic acids is 1. The summed E-state index contributed by atoms with van der Waals surface area (Å²) in [6, 6.07) is 19.1. The minimum atomic E-state index is 0. The van der Waals surface area contributed by atoms with Gasteiger partial charge in [0.1, 0.15) is 0 Å². The van der Waals surface area contributed by atoms with Crippen molar-refractivity contribution < 1.29 is 4.79 Å². The zero-order valence-corrected chi connectivity index (χ0v) is 18.0. The average molecular weight is 402 g/mol. The van der Waals surface area contributed by atoms with Crippen molar-refractivity contribution in [2.45, 2.75) is 25.3 Å². The van der Waals surface area contributed by atoms with E-state index < -0.39 is 0 Å². The van der Waals surface area contributed by atoms with Gasteiger partial charge in [0.2, 0.25) is 0 Å². The highest BCUT2D eigenvalue weighted by atomic mass is 35.5. The van der Waals surface area contributed by atoms with Crippen molar-refractivity contribution in [3.8, 4) is 0 Å². The monoisotopic (exact) mass is 401 g/mol. The van der Waals surface area contributed by atoms with Crippen molar-refractivity contribution in [1.29, 1.82) is 0 Å². The van der Waals surface area contributed by atoms with Gasteiger partial charge in [0.25, 0.3) is 5.91 Å². The Labute approximate surface area is 175 Å². The molecule has 0 N–H and O–H groups in total. The Hall–Kier alpha value is -2.04. The molecule has 4 nitrogen and oxygen atoms in total. The molecule has 0 saturated carbocycles. The Morgan fingerprint density at radius 3 is 2.14 bits per heavy atom. The second-order valence-electron chi connectivity index (χ2n) is 7.68. The summed E-state index contributed by atoms with van der Waals surface area (Å²) in [5.41, 5.74) is 3.29. The van der Waals surface area contributed by atoms with E-state index in [9.17, 15) is 4.79 Å². The quantitative estimate of drug-likeness (QED) is 0.733. The highest BCUT2D eigenvalue weighted by Crippen LogP contribution is 2.19. The molecular formula is C23H32ClN3O. The number of benzene rings is 2. The lowest BCUT2D eigenvalue weighted by Crippen LogP contribution is -2.46. The number of carbonyl (C=O) groups is 1. The third kappa shape index (κ3) is 5.73. The Bertz CT molecular complexity index is 725. The van der Waals surface area contributed by atoms with Crippen LogP contribution in [0.2, 0.25) is 0 Å². The zero-order chi connectivity index (χ0) is 19.2. The summed E-state index contributed by atoms with van der Waals surface area (Å²) >= 11 is 0. The van der Waals surface area contributed by atoms with Gasteiger partial charge in [-0.3, -0.25) is 4.79 Å². The fraction of sp³-hybridized carbons (Fsp3) is 0.435. The van der Waals surface area contributed by atoms with Crippen molar-refractivity contribution in [2.75, 3.05) is 45.7 Å². The lowest BCUT2D eigenvalue weighted by molar-refractivity contribution is 0.0647. The van der Waals surface area contributed by atoms with Crippen molar-refractivity contribution in [3.63, 3.8) is 0 Å². The van der Waals surface area contributed by atoms with E-state index in [0.717, 1.165) is 50.1 Å². The minimum Gasteiger partial charge on any atom is -0.378 e. The van der Waals surface area contributed by atoms with Gasteiger partial charge in [0.05, 0.1) is 0 Å². The van der Waals surface area contributed by atoms with Gasteiger partial charge in [-0.15, -0.1) is 12.4 Å². The molecule has 5 heteroatoms. The standard InChI is InChI=1S/C23H31N3O.ClH/c1-24(2)21-11-9-20(10-12-21)23(27)26-17-14-22(15-18-26)25(3)16-13-19-7-5-4-6-8-19;/h4-12,22H,13-18H2,1-3H3;1H. The average Bonchev–Trinajstić information content (AvgIpc) is 2.72. The Balaban J connectivity index is 0.00000280. The molecule has 0 aliphatic carbocycles. The van der Waals surface area contributed by atoms with Crippen molar-refractivity contribution >= 4 is 24.0 Å². The van der Waals surface area contributed by atoms with Crippen LogP contribution in [0.1, 0.15) is 28.8 Å². The van der Waals surface area contributed by atoms with Gasteiger partial charge in [0.15, 0.2) is 0 Å². The number of nitrogens with zero attached hydrogens (tertiary/aromatic N) is 3. The first-order chi connectivity index (χ1) is 13.0. The van der Waals surface area contributed by atoms with Crippen molar-refractivity contribution in [3.05, 3.63) is 65.7 Å². The van der Waals surface area contributed by atoms with Crippen LogP contribution in [0.3, 0.4) is 0 Å². The van der Waals surface area contributed by atoms with Gasteiger partial charge >= 0.3 is 0 Å². The highest BCUT2D eigenvalue weighted by molar-refractivity contribution is 5.94. The van der Waals surface area contributed by atoms with Crippen LogP contribution in [0, 0.1) is 0 Å². The SMILES string of the molecule is CN(C)c1ccc(C(=O)N2CCC(N(C)CCc3ccccc3)CC2)cc1.Cl. The highest BCUT2D eigenvalue weighted by Gasteiger charge is 2.25. The van der Waals surface area contributed by atoms with E-state index in [1.54, 1.807) is 0 Å². The first kappa shape index (κ1) is 22.3. The summed E-state index contributed by atoms with van der Waals surface area (Å²) < 4.78 is 0. The molecule has 0 unspecified atom stereocenters. The molecule has 0 aromatic heterocycles. The molecule has 0 radical (unpaired) electrons. The number of rotatable bonds is 6. The van der Waals surface area contributed by atoms with Crippen LogP contribution in [0.4, 0.5) is 5.69 Å². The maximum atomic E-state index is 12.8. The third-order valence-electron chi connectivity index (χ3n) is 5.60. The molecule has 0 atom stereocenters. The summed E-state index contributed by atoms with van der Waals surface area (Å²) in [6.45, 7) is 2.75. The number of hydrogen-bond donors (Lipinski definition) is 0. The van der Waals surface area contributed by atoms with Crippen LogP contribution < -0.4 is 4.90 Å². The Kier molecular flexibility index (Phi) is 8.34. The Morgan fingerprint density at radius 1 is 0.964 bits per heavy atom. The number of amides is 1. The van der Waals surface area contributed by atoms with Gasteiger partial charge in [-0.25, -0.2) is 0 Å². The van der Waals surface area contributed by atoms with Crippen molar-refractivity contribution in [2.24, 2.45) is 0 Å². The maximum absolute atomic E-state index is 12.8. The molecule has 1 aliphatic rings. The van der Waals surface area contributed by atoms with Gasteiger partial charge in [0, 0.05) is 51.0 Å². The number of piperidine rings is 1. The fourth-order valence-corrected chi connectivity index (χ4v) is 3.73. The van der Waals surface area contributed by atoms with Crippen LogP contribution in [0.15, 0.2) is 54.6 Å². The van der Waals surface area contributed by atoms with E-state index >= 15 is 0 Å². The molecule has 1 saturated heterocycles. The van der Waals surface area contributed by atoms with Crippen molar-refractivity contribution in [1.82, 2.24) is 9.80 Å². The maximum Gasteiger partial charge on any atom is 0.253 e. The largest absolute Gasteiger partial charge is 0.378 e. The molecule has 1 aliphatic heterocycles. The van der Waals surface area contributed by atoms with E-state index in [-0.39, 0.29) is 18.3 Å². The predicted molar refractivity (Wildman–Crippen MR) is 120 cm³/mol. The minimum absolute atomic E-state index is 0. The van der Waals surface area contributed by atoms with E-state index in [0.29, 0.717) is 6.04 Å². The molecule has 0 spiro atoms. The molecule has 2 aromatic carbocycles. The normalized spacial score (nSPS) is 14.6. The second-order valence-corrected chi connectivity index (χ2v) is 7.68. The van der Waals surface area contributed by atoms with Crippen LogP contribution in [-0.4, -0.2) is 62.5 Å². The van der Waals surface area contributed by atoms with Crippen LogP contribution in [0.5, 0.6) is 0 Å². The van der Waals surface area contributed by atoms with E-state index in [4.69, 9.17) is 0 Å². The smallest absolute Gasteiger partial charge is 0.253 e. The first-order valence-electron chi connectivity index (χ1n) is 9.85. The zero-order valence-electron chi connectivity index (χ0n) is 17.2.